The lowest BCUT2D eigenvalue weighted by Crippen LogP contribution is -2.18. The van der Waals surface area contributed by atoms with Gasteiger partial charge in [0.15, 0.2) is 5.11 Å². The van der Waals surface area contributed by atoms with Gasteiger partial charge in [0.05, 0.1) is 6.61 Å². The van der Waals surface area contributed by atoms with Gasteiger partial charge in [-0.05, 0) is 36.5 Å². The molecule has 0 aliphatic rings. The van der Waals surface area contributed by atoms with Gasteiger partial charge in [-0.2, -0.15) is 0 Å². The summed E-state index contributed by atoms with van der Waals surface area (Å²) in [4.78, 5) is 0. The predicted octanol–water partition coefficient (Wildman–Crippen LogP) is 0.746. The number of aliphatic hydroxyl groups is 1. The van der Waals surface area contributed by atoms with Crippen molar-refractivity contribution in [2.45, 2.75) is 0 Å². The molecule has 14 heavy (non-hydrogen) atoms. The molecule has 76 valence electrons. The highest BCUT2D eigenvalue weighted by Crippen LogP contribution is 2.12. The van der Waals surface area contributed by atoms with Gasteiger partial charge in [-0.15, -0.1) is 0 Å². The van der Waals surface area contributed by atoms with Crippen LogP contribution >= 0.6 is 12.2 Å². The second-order valence-electron chi connectivity index (χ2n) is 2.72. The van der Waals surface area contributed by atoms with Gasteiger partial charge < -0.3 is 21.5 Å². The number of rotatable bonds is 4. The molecule has 0 radical (unpaired) electrons. The quantitative estimate of drug-likeness (QED) is 0.553. The summed E-state index contributed by atoms with van der Waals surface area (Å²) in [5.41, 5.74) is 7.12. The van der Waals surface area contributed by atoms with E-state index < -0.39 is 0 Å². The van der Waals surface area contributed by atoms with Gasteiger partial charge in [0, 0.05) is 17.9 Å². The summed E-state index contributed by atoms with van der Waals surface area (Å²) in [5.74, 6) is 0. The lowest BCUT2D eigenvalue weighted by Gasteiger charge is -2.06. The molecule has 4 nitrogen and oxygen atoms in total. The number of thiocarbonyl (C=S) groups is 1. The Morgan fingerprint density at radius 3 is 2.36 bits per heavy atom. The number of benzene rings is 1. The van der Waals surface area contributed by atoms with Crippen molar-refractivity contribution < 1.29 is 5.11 Å². The maximum Gasteiger partial charge on any atom is 0.168 e. The third-order valence-electron chi connectivity index (χ3n) is 1.59. The van der Waals surface area contributed by atoms with Crippen LogP contribution < -0.4 is 16.4 Å². The lowest BCUT2D eigenvalue weighted by atomic mass is 10.3. The Labute approximate surface area is 88.1 Å². The van der Waals surface area contributed by atoms with Crippen molar-refractivity contribution in [3.8, 4) is 0 Å². The molecule has 5 heteroatoms. The van der Waals surface area contributed by atoms with Crippen LogP contribution in [0.5, 0.6) is 0 Å². The summed E-state index contributed by atoms with van der Waals surface area (Å²) in [6, 6.07) is 7.49. The van der Waals surface area contributed by atoms with Crippen LogP contribution in [-0.4, -0.2) is 23.4 Å². The van der Waals surface area contributed by atoms with Crippen molar-refractivity contribution in [2.24, 2.45) is 5.73 Å². The van der Waals surface area contributed by atoms with E-state index in [0.717, 1.165) is 11.4 Å². The van der Waals surface area contributed by atoms with Crippen LogP contribution in [0.25, 0.3) is 0 Å². The third kappa shape index (κ3) is 3.59. The Hall–Kier alpha value is -1.33. The minimum absolute atomic E-state index is 0.118. The third-order valence-corrected chi connectivity index (χ3v) is 1.70. The Morgan fingerprint density at radius 2 is 1.86 bits per heavy atom. The van der Waals surface area contributed by atoms with Gasteiger partial charge in [-0.25, -0.2) is 0 Å². The van der Waals surface area contributed by atoms with Crippen LogP contribution in [0, 0.1) is 0 Å². The highest BCUT2D eigenvalue weighted by atomic mass is 32.1. The van der Waals surface area contributed by atoms with Crippen LogP contribution in [0.2, 0.25) is 0 Å². The van der Waals surface area contributed by atoms with Crippen LogP contribution in [0.1, 0.15) is 0 Å². The number of anilines is 2. The van der Waals surface area contributed by atoms with E-state index in [1.54, 1.807) is 0 Å². The molecule has 1 aromatic carbocycles. The SMILES string of the molecule is NC(=S)Nc1ccc(NCCO)cc1. The molecule has 1 aromatic rings. The van der Waals surface area contributed by atoms with Gasteiger partial charge in [0.25, 0.3) is 0 Å². The summed E-state index contributed by atoms with van der Waals surface area (Å²) < 4.78 is 0. The number of nitrogens with one attached hydrogen (secondary N) is 2. The van der Waals surface area contributed by atoms with Crippen molar-refractivity contribution in [3.63, 3.8) is 0 Å². The fraction of sp³-hybridized carbons (Fsp3) is 0.222. The van der Waals surface area contributed by atoms with Crippen LogP contribution in [0.4, 0.5) is 11.4 Å². The average Bonchev–Trinajstić information content (AvgIpc) is 2.16. The smallest absolute Gasteiger partial charge is 0.168 e. The molecule has 5 N–H and O–H groups in total. The lowest BCUT2D eigenvalue weighted by molar-refractivity contribution is 0.311. The van der Waals surface area contributed by atoms with Gasteiger partial charge in [-0.1, -0.05) is 0 Å². The van der Waals surface area contributed by atoms with Gasteiger partial charge in [0.2, 0.25) is 0 Å². The molecule has 1 rings (SSSR count). The standard InChI is InChI=1S/C9H13N3OS/c10-9(14)12-8-3-1-7(2-4-8)11-5-6-13/h1-4,11,13H,5-6H2,(H3,10,12,14). The molecule has 0 atom stereocenters. The Bertz CT molecular complexity index is 299. The van der Waals surface area contributed by atoms with E-state index in [1.807, 2.05) is 24.3 Å². The number of hydrogen-bond acceptors (Lipinski definition) is 3. The van der Waals surface area contributed by atoms with Crippen molar-refractivity contribution in [2.75, 3.05) is 23.8 Å². The second-order valence-corrected chi connectivity index (χ2v) is 3.16. The first kappa shape index (κ1) is 10.7. The predicted molar refractivity (Wildman–Crippen MR) is 62.4 cm³/mol. The maximum absolute atomic E-state index is 8.59. The minimum atomic E-state index is 0.118. The number of aliphatic hydroxyl groups excluding tert-OH is 1. The summed E-state index contributed by atoms with van der Waals surface area (Å²) in [5, 5.41) is 14.7. The summed E-state index contributed by atoms with van der Waals surface area (Å²) in [6.07, 6.45) is 0. The van der Waals surface area contributed by atoms with Gasteiger partial charge >= 0.3 is 0 Å². The zero-order valence-corrected chi connectivity index (χ0v) is 8.47. The molecule has 0 fully saturated rings. The topological polar surface area (TPSA) is 70.3 Å². The molecule has 0 bridgehead atoms. The summed E-state index contributed by atoms with van der Waals surface area (Å²) >= 11 is 4.70. The summed E-state index contributed by atoms with van der Waals surface area (Å²) in [7, 11) is 0. The first-order chi connectivity index (χ1) is 6.72. The van der Waals surface area contributed by atoms with Crippen molar-refractivity contribution in [3.05, 3.63) is 24.3 Å². The van der Waals surface area contributed by atoms with Crippen LogP contribution in [-0.2, 0) is 0 Å². The van der Waals surface area contributed by atoms with Gasteiger partial charge in [0.1, 0.15) is 0 Å². The minimum Gasteiger partial charge on any atom is -0.395 e. The zero-order valence-electron chi connectivity index (χ0n) is 7.66. The van der Waals surface area contributed by atoms with Crippen LogP contribution in [0.15, 0.2) is 24.3 Å². The maximum atomic E-state index is 8.59. The second kappa shape index (κ2) is 5.41. The van der Waals surface area contributed by atoms with E-state index in [0.29, 0.717) is 6.54 Å². The molecule has 0 aliphatic carbocycles. The first-order valence-corrected chi connectivity index (χ1v) is 4.64. The highest BCUT2D eigenvalue weighted by Gasteiger charge is 1.93. The van der Waals surface area contributed by atoms with E-state index in [2.05, 4.69) is 10.6 Å². The molecule has 0 unspecified atom stereocenters. The molecular formula is C9H13N3OS. The van der Waals surface area contributed by atoms with Crippen LogP contribution in [0.3, 0.4) is 0 Å². The normalized spacial score (nSPS) is 9.50. The number of nitrogens with two attached hydrogens (primary N) is 1. The molecule has 0 saturated carbocycles. The zero-order chi connectivity index (χ0) is 10.4. The Morgan fingerprint density at radius 1 is 1.29 bits per heavy atom. The molecule has 0 heterocycles. The van der Waals surface area contributed by atoms with E-state index in [-0.39, 0.29) is 11.7 Å². The van der Waals surface area contributed by atoms with E-state index in [4.69, 9.17) is 23.1 Å². The fourth-order valence-electron chi connectivity index (χ4n) is 1.01. The van der Waals surface area contributed by atoms with E-state index >= 15 is 0 Å². The van der Waals surface area contributed by atoms with Crippen molar-refractivity contribution in [1.82, 2.24) is 0 Å². The largest absolute Gasteiger partial charge is 0.395 e. The molecule has 0 saturated heterocycles. The molecule has 0 spiro atoms. The molecule has 0 aliphatic heterocycles. The highest BCUT2D eigenvalue weighted by molar-refractivity contribution is 7.80. The van der Waals surface area contributed by atoms with E-state index in [9.17, 15) is 0 Å². The van der Waals surface area contributed by atoms with Crippen molar-refractivity contribution >= 4 is 28.7 Å². The monoisotopic (exact) mass is 211 g/mol. The van der Waals surface area contributed by atoms with Crippen molar-refractivity contribution in [1.29, 1.82) is 0 Å². The fourth-order valence-corrected chi connectivity index (χ4v) is 1.13. The van der Waals surface area contributed by atoms with E-state index in [1.165, 1.54) is 0 Å². The number of hydrogen-bond donors (Lipinski definition) is 4. The average molecular weight is 211 g/mol. The molecule has 0 amide bonds. The Balaban J connectivity index is 2.54. The Kier molecular flexibility index (Phi) is 4.15. The first-order valence-electron chi connectivity index (χ1n) is 4.23. The van der Waals surface area contributed by atoms with Gasteiger partial charge in [-0.3, -0.25) is 0 Å². The summed E-state index contributed by atoms with van der Waals surface area (Å²) in [6.45, 7) is 0.662. The molecular weight excluding hydrogens is 198 g/mol. The molecule has 0 aromatic heterocycles.